The number of hydrogen-bond acceptors (Lipinski definition) is 1. The van der Waals surface area contributed by atoms with Gasteiger partial charge in [-0.05, 0) is 6.92 Å². The molecular formula is C4H11NO. The van der Waals surface area contributed by atoms with Crippen LogP contribution in [0.4, 0.5) is 0 Å². The van der Waals surface area contributed by atoms with Crippen molar-refractivity contribution >= 4 is 5.91 Å². The predicted molar refractivity (Wildman–Crippen MR) is 26.5 cm³/mol. The maximum absolute atomic E-state index is 9.93. The first-order valence-corrected chi connectivity index (χ1v) is 2.01. The fourth-order valence-corrected chi connectivity index (χ4v) is 0.249. The van der Waals surface area contributed by atoms with Gasteiger partial charge in [0.05, 0.1) is 0 Å². The van der Waals surface area contributed by atoms with E-state index in [1.54, 1.807) is 0 Å². The molecule has 0 spiro atoms. The molecule has 0 aromatic rings. The lowest BCUT2D eigenvalue weighted by atomic mass is 10.6. The second-order valence-electron chi connectivity index (χ2n) is 1.09. The molecule has 0 bridgehead atoms. The SMILES string of the molecule is CCNC(C)=O.[HH]. The fraction of sp³-hybridized carbons (Fsp3) is 0.750. The fourth-order valence-electron chi connectivity index (χ4n) is 0.249. The van der Waals surface area contributed by atoms with Gasteiger partial charge in [0.2, 0.25) is 5.91 Å². The van der Waals surface area contributed by atoms with Gasteiger partial charge in [0, 0.05) is 14.9 Å². The molecule has 1 amide bonds. The van der Waals surface area contributed by atoms with Gasteiger partial charge in [0.1, 0.15) is 0 Å². The van der Waals surface area contributed by atoms with E-state index >= 15 is 0 Å². The zero-order chi connectivity index (χ0) is 4.99. The van der Waals surface area contributed by atoms with Crippen molar-refractivity contribution in [2.75, 3.05) is 6.54 Å². The number of hydrogen-bond donors (Lipinski definition) is 1. The molecule has 0 saturated carbocycles. The van der Waals surface area contributed by atoms with Crippen molar-refractivity contribution in [1.82, 2.24) is 5.32 Å². The highest BCUT2D eigenvalue weighted by atomic mass is 16.1. The van der Waals surface area contributed by atoms with Crippen molar-refractivity contribution in [1.29, 1.82) is 0 Å². The van der Waals surface area contributed by atoms with Crippen molar-refractivity contribution in [2.45, 2.75) is 13.8 Å². The highest BCUT2D eigenvalue weighted by Crippen LogP contribution is 1.54. The Balaban J connectivity index is 0. The minimum absolute atomic E-state index is 0. The van der Waals surface area contributed by atoms with Crippen molar-refractivity contribution in [2.24, 2.45) is 0 Å². The van der Waals surface area contributed by atoms with E-state index in [1.807, 2.05) is 6.92 Å². The molecule has 1 N–H and O–H groups in total. The molecule has 0 aromatic heterocycles. The van der Waals surface area contributed by atoms with E-state index in [4.69, 9.17) is 0 Å². The van der Waals surface area contributed by atoms with Gasteiger partial charge in [-0.1, -0.05) is 0 Å². The normalized spacial score (nSPS) is 7.67. The van der Waals surface area contributed by atoms with Crippen LogP contribution >= 0.6 is 0 Å². The van der Waals surface area contributed by atoms with Crippen LogP contribution in [0.3, 0.4) is 0 Å². The number of rotatable bonds is 1. The lowest BCUT2D eigenvalue weighted by Crippen LogP contribution is -2.18. The molecule has 0 aliphatic carbocycles. The summed E-state index contributed by atoms with van der Waals surface area (Å²) in [5.41, 5.74) is 0. The van der Waals surface area contributed by atoms with Crippen LogP contribution in [-0.2, 0) is 4.79 Å². The summed E-state index contributed by atoms with van der Waals surface area (Å²) in [6.07, 6.45) is 0. The standard InChI is InChI=1S/C4H9NO.H2/c1-3-5-4(2)6;/h3H2,1-2H3,(H,5,6);1H. The second-order valence-corrected chi connectivity index (χ2v) is 1.09. The minimum Gasteiger partial charge on any atom is -0.357 e. The van der Waals surface area contributed by atoms with E-state index in [0.29, 0.717) is 0 Å². The number of nitrogens with one attached hydrogen (secondary N) is 1. The zero-order valence-electron chi connectivity index (χ0n) is 4.12. The summed E-state index contributed by atoms with van der Waals surface area (Å²) in [5, 5.41) is 2.57. The lowest BCUT2D eigenvalue weighted by molar-refractivity contribution is -0.118. The third-order valence-corrected chi connectivity index (χ3v) is 0.426. The largest absolute Gasteiger partial charge is 0.357 e. The van der Waals surface area contributed by atoms with E-state index in [2.05, 4.69) is 5.32 Å². The number of carbonyl (C=O) groups excluding carboxylic acids is 1. The lowest BCUT2D eigenvalue weighted by Gasteiger charge is -1.88. The van der Waals surface area contributed by atoms with Gasteiger partial charge in [-0.3, -0.25) is 4.79 Å². The molecule has 0 heterocycles. The van der Waals surface area contributed by atoms with E-state index in [-0.39, 0.29) is 7.33 Å². The Hall–Kier alpha value is -0.530. The Morgan fingerprint density at radius 3 is 2.50 bits per heavy atom. The molecule has 0 radical (unpaired) electrons. The van der Waals surface area contributed by atoms with Crippen LogP contribution in [0.25, 0.3) is 0 Å². The molecule has 0 saturated heterocycles. The van der Waals surface area contributed by atoms with Gasteiger partial charge in [-0.15, -0.1) is 0 Å². The smallest absolute Gasteiger partial charge is 0.216 e. The molecule has 6 heavy (non-hydrogen) atoms. The van der Waals surface area contributed by atoms with Crippen LogP contribution in [0.1, 0.15) is 15.3 Å². The highest BCUT2D eigenvalue weighted by molar-refractivity contribution is 5.72. The van der Waals surface area contributed by atoms with Crippen LogP contribution in [-0.4, -0.2) is 12.5 Å². The maximum Gasteiger partial charge on any atom is 0.216 e. The second kappa shape index (κ2) is 2.69. The average Bonchev–Trinajstić information content (AvgIpc) is 1.35. The molecule has 2 nitrogen and oxygen atoms in total. The van der Waals surface area contributed by atoms with Crippen molar-refractivity contribution < 1.29 is 6.22 Å². The molecular weight excluding hydrogens is 78.0 g/mol. The van der Waals surface area contributed by atoms with Crippen LogP contribution in [0.15, 0.2) is 0 Å². The van der Waals surface area contributed by atoms with E-state index < -0.39 is 0 Å². The van der Waals surface area contributed by atoms with Gasteiger partial charge in [0.15, 0.2) is 0 Å². The first-order valence-electron chi connectivity index (χ1n) is 2.01. The maximum atomic E-state index is 9.93. The molecule has 2 heteroatoms. The summed E-state index contributed by atoms with van der Waals surface area (Å²) < 4.78 is 0. The van der Waals surface area contributed by atoms with Crippen LogP contribution in [0.5, 0.6) is 0 Å². The summed E-state index contributed by atoms with van der Waals surface area (Å²) in [4.78, 5) is 9.93. The molecule has 0 aliphatic heterocycles. The molecule has 0 fully saturated rings. The third-order valence-electron chi connectivity index (χ3n) is 0.426. The summed E-state index contributed by atoms with van der Waals surface area (Å²) >= 11 is 0. The molecule has 0 atom stereocenters. The summed E-state index contributed by atoms with van der Waals surface area (Å²) in [5.74, 6) is 0.0394. The quantitative estimate of drug-likeness (QED) is 0.494. The Morgan fingerprint density at radius 1 is 2.00 bits per heavy atom. The molecule has 0 aromatic carbocycles. The van der Waals surface area contributed by atoms with E-state index in [1.165, 1.54) is 6.92 Å². The Labute approximate surface area is 39.0 Å². The third kappa shape index (κ3) is 3.47. The van der Waals surface area contributed by atoms with E-state index in [9.17, 15) is 4.79 Å². The summed E-state index contributed by atoms with van der Waals surface area (Å²) in [6.45, 7) is 4.13. The number of amides is 1. The molecule has 0 aliphatic rings. The van der Waals surface area contributed by atoms with Crippen molar-refractivity contribution in [3.05, 3.63) is 0 Å². The first-order chi connectivity index (χ1) is 2.77. The minimum atomic E-state index is 0. The highest BCUT2D eigenvalue weighted by Gasteiger charge is 1.78. The summed E-state index contributed by atoms with van der Waals surface area (Å²) in [7, 11) is 0. The van der Waals surface area contributed by atoms with Crippen LogP contribution < -0.4 is 5.32 Å². The first kappa shape index (κ1) is 5.47. The average molecular weight is 89.1 g/mol. The van der Waals surface area contributed by atoms with Crippen molar-refractivity contribution in [3.63, 3.8) is 0 Å². The van der Waals surface area contributed by atoms with Gasteiger partial charge in [-0.25, -0.2) is 0 Å². The topological polar surface area (TPSA) is 29.1 Å². The monoisotopic (exact) mass is 89.1 g/mol. The Bertz CT molecular complexity index is 55.7. The molecule has 0 unspecified atom stereocenters. The van der Waals surface area contributed by atoms with Gasteiger partial charge >= 0.3 is 0 Å². The van der Waals surface area contributed by atoms with Gasteiger partial charge in [0.25, 0.3) is 0 Å². The van der Waals surface area contributed by atoms with Gasteiger partial charge < -0.3 is 5.32 Å². The number of carbonyl (C=O) groups is 1. The van der Waals surface area contributed by atoms with Crippen molar-refractivity contribution in [3.8, 4) is 0 Å². The molecule has 38 valence electrons. The van der Waals surface area contributed by atoms with Crippen LogP contribution in [0.2, 0.25) is 0 Å². The molecule has 0 rings (SSSR count). The summed E-state index contributed by atoms with van der Waals surface area (Å²) in [6, 6.07) is 0. The van der Waals surface area contributed by atoms with Crippen LogP contribution in [0, 0.1) is 0 Å². The Kier molecular flexibility index (Phi) is 2.46. The Morgan fingerprint density at radius 2 is 2.50 bits per heavy atom. The zero-order valence-corrected chi connectivity index (χ0v) is 4.12. The predicted octanol–water partition coefficient (Wildman–Crippen LogP) is 0.388. The van der Waals surface area contributed by atoms with E-state index in [0.717, 1.165) is 6.54 Å². The van der Waals surface area contributed by atoms with Gasteiger partial charge in [-0.2, -0.15) is 0 Å².